The van der Waals surface area contributed by atoms with Crippen molar-refractivity contribution in [2.24, 2.45) is 11.5 Å². The molecular formula is C20H25N5O2S. The van der Waals surface area contributed by atoms with Crippen molar-refractivity contribution in [3.8, 4) is 0 Å². The van der Waals surface area contributed by atoms with E-state index in [0.717, 1.165) is 22.6 Å². The minimum Gasteiger partial charge on any atom is -0.399 e. The van der Waals surface area contributed by atoms with Crippen LogP contribution in [-0.4, -0.2) is 32.2 Å². The number of fused-ring (bicyclic) bond motifs is 2. The summed E-state index contributed by atoms with van der Waals surface area (Å²) in [5, 5.41) is 3.41. The van der Waals surface area contributed by atoms with Gasteiger partial charge in [0.1, 0.15) is 5.82 Å². The van der Waals surface area contributed by atoms with Crippen molar-refractivity contribution < 1.29 is 8.42 Å². The maximum absolute atomic E-state index is 12.7. The first kappa shape index (κ1) is 18.8. The van der Waals surface area contributed by atoms with Gasteiger partial charge in [0.25, 0.3) is 0 Å². The Hall–Kier alpha value is -2.55. The lowest BCUT2D eigenvalue weighted by molar-refractivity contribution is 0.349. The SMILES string of the molecule is NCCC1(N)C=C(N2CCS(=O)(=O)c3ccccc3C2)Nc2ccc(N)cc21. The molecule has 0 radical (unpaired) electrons. The van der Waals surface area contributed by atoms with Gasteiger partial charge in [-0.3, -0.25) is 0 Å². The molecule has 7 nitrogen and oxygen atoms in total. The van der Waals surface area contributed by atoms with E-state index in [4.69, 9.17) is 17.2 Å². The number of sulfone groups is 1. The second-order valence-corrected chi connectivity index (χ2v) is 9.46. The third kappa shape index (κ3) is 3.23. The molecule has 2 aromatic carbocycles. The van der Waals surface area contributed by atoms with E-state index in [1.165, 1.54) is 0 Å². The van der Waals surface area contributed by atoms with Crippen molar-refractivity contribution in [1.29, 1.82) is 0 Å². The van der Waals surface area contributed by atoms with E-state index < -0.39 is 15.4 Å². The van der Waals surface area contributed by atoms with E-state index in [0.29, 0.717) is 36.6 Å². The Kier molecular flexibility index (Phi) is 4.57. The molecule has 2 heterocycles. The van der Waals surface area contributed by atoms with Gasteiger partial charge in [-0.05, 0) is 48.9 Å². The van der Waals surface area contributed by atoms with E-state index >= 15 is 0 Å². The van der Waals surface area contributed by atoms with Gasteiger partial charge in [-0.15, -0.1) is 0 Å². The summed E-state index contributed by atoms with van der Waals surface area (Å²) in [6, 6.07) is 12.7. The van der Waals surface area contributed by atoms with E-state index in [1.54, 1.807) is 12.1 Å². The first-order valence-corrected chi connectivity index (χ1v) is 10.9. The molecule has 0 amide bonds. The number of nitrogens with two attached hydrogens (primary N) is 3. The smallest absolute Gasteiger partial charge is 0.180 e. The molecule has 0 bridgehead atoms. The number of nitrogens with one attached hydrogen (secondary N) is 1. The minimum atomic E-state index is -3.32. The van der Waals surface area contributed by atoms with Gasteiger partial charge < -0.3 is 27.4 Å². The van der Waals surface area contributed by atoms with Crippen LogP contribution in [0.25, 0.3) is 0 Å². The van der Waals surface area contributed by atoms with Crippen molar-refractivity contribution >= 4 is 21.2 Å². The largest absolute Gasteiger partial charge is 0.399 e. The molecule has 2 aliphatic rings. The number of hydrogen-bond acceptors (Lipinski definition) is 7. The van der Waals surface area contributed by atoms with Crippen molar-refractivity contribution in [2.45, 2.75) is 23.4 Å². The van der Waals surface area contributed by atoms with Crippen LogP contribution >= 0.6 is 0 Å². The number of rotatable bonds is 3. The monoisotopic (exact) mass is 399 g/mol. The average molecular weight is 400 g/mol. The zero-order chi connectivity index (χ0) is 19.9. The fourth-order valence-electron chi connectivity index (χ4n) is 3.94. The van der Waals surface area contributed by atoms with Crippen LogP contribution in [0.4, 0.5) is 11.4 Å². The van der Waals surface area contributed by atoms with Gasteiger partial charge in [0.2, 0.25) is 0 Å². The van der Waals surface area contributed by atoms with Gasteiger partial charge in [-0.2, -0.15) is 0 Å². The molecule has 1 atom stereocenters. The third-order valence-corrected chi connectivity index (χ3v) is 7.19. The van der Waals surface area contributed by atoms with E-state index in [9.17, 15) is 8.42 Å². The van der Waals surface area contributed by atoms with Crippen LogP contribution in [0, 0.1) is 0 Å². The molecule has 28 heavy (non-hydrogen) atoms. The predicted molar refractivity (Wildman–Crippen MR) is 111 cm³/mol. The fraction of sp³-hybridized carbons (Fsp3) is 0.300. The minimum absolute atomic E-state index is 0.0477. The van der Waals surface area contributed by atoms with Crippen molar-refractivity contribution in [3.63, 3.8) is 0 Å². The quantitative estimate of drug-likeness (QED) is 0.573. The van der Waals surface area contributed by atoms with Crippen LogP contribution in [0.1, 0.15) is 17.5 Å². The molecule has 0 fully saturated rings. The van der Waals surface area contributed by atoms with Crippen LogP contribution in [0.5, 0.6) is 0 Å². The lowest BCUT2D eigenvalue weighted by Crippen LogP contribution is -2.43. The summed E-state index contributed by atoms with van der Waals surface area (Å²) in [5.74, 6) is 0.839. The van der Waals surface area contributed by atoms with Gasteiger partial charge in [-0.1, -0.05) is 18.2 Å². The van der Waals surface area contributed by atoms with Crippen molar-refractivity contribution in [1.82, 2.24) is 4.90 Å². The Bertz CT molecular complexity index is 1050. The van der Waals surface area contributed by atoms with Crippen LogP contribution in [0.2, 0.25) is 0 Å². The Morgan fingerprint density at radius 3 is 2.75 bits per heavy atom. The van der Waals surface area contributed by atoms with Gasteiger partial charge >= 0.3 is 0 Å². The molecule has 2 aliphatic heterocycles. The number of nitrogens with zero attached hydrogens (tertiary/aromatic N) is 1. The normalized spacial score (nSPS) is 23.1. The highest BCUT2D eigenvalue weighted by Gasteiger charge is 2.34. The van der Waals surface area contributed by atoms with Crippen LogP contribution < -0.4 is 22.5 Å². The lowest BCUT2D eigenvalue weighted by Gasteiger charge is -2.38. The molecule has 0 saturated heterocycles. The second kappa shape index (κ2) is 6.80. The first-order chi connectivity index (χ1) is 13.3. The highest BCUT2D eigenvalue weighted by atomic mass is 32.2. The standard InChI is InChI=1S/C20H25N5O2S/c21-8-7-20(23)12-19(24-17-6-5-15(22)11-16(17)20)25-9-10-28(26,27)18-4-2-1-3-14(18)13-25/h1-6,11-12,24H,7-10,13,21-23H2. The Labute approximate surface area is 165 Å². The molecule has 2 aromatic rings. The zero-order valence-corrected chi connectivity index (χ0v) is 16.4. The Balaban J connectivity index is 1.76. The molecule has 1 unspecified atom stereocenters. The number of nitrogen functional groups attached to an aromatic ring is 1. The van der Waals surface area contributed by atoms with Crippen LogP contribution in [0.3, 0.4) is 0 Å². The average Bonchev–Trinajstić information content (AvgIpc) is 2.79. The molecule has 0 saturated carbocycles. The van der Waals surface area contributed by atoms with Gasteiger partial charge in [0, 0.05) is 30.0 Å². The fourth-order valence-corrected chi connectivity index (χ4v) is 5.43. The van der Waals surface area contributed by atoms with Gasteiger partial charge in [-0.25, -0.2) is 8.42 Å². The zero-order valence-electron chi connectivity index (χ0n) is 15.6. The van der Waals surface area contributed by atoms with E-state index in [-0.39, 0.29) is 5.75 Å². The molecule has 0 spiro atoms. The van der Waals surface area contributed by atoms with E-state index in [1.807, 2.05) is 41.3 Å². The number of benzene rings is 2. The summed E-state index contributed by atoms with van der Waals surface area (Å²) in [6.07, 6.45) is 2.50. The molecule has 0 aliphatic carbocycles. The maximum Gasteiger partial charge on any atom is 0.180 e. The first-order valence-electron chi connectivity index (χ1n) is 9.27. The molecule has 4 rings (SSSR count). The molecule has 0 aromatic heterocycles. The maximum atomic E-state index is 12.7. The molecule has 148 valence electrons. The number of hydrogen-bond donors (Lipinski definition) is 4. The summed E-state index contributed by atoms with van der Waals surface area (Å²) in [4.78, 5) is 2.43. The predicted octanol–water partition coefficient (Wildman–Crippen LogP) is 1.33. The molecular weight excluding hydrogens is 374 g/mol. The highest BCUT2D eigenvalue weighted by Crippen LogP contribution is 2.38. The Morgan fingerprint density at radius 2 is 1.96 bits per heavy atom. The summed E-state index contributed by atoms with van der Waals surface area (Å²) >= 11 is 0. The van der Waals surface area contributed by atoms with Gasteiger partial charge in [0.05, 0.1) is 16.2 Å². The third-order valence-electron chi connectivity index (χ3n) is 5.40. The molecule has 7 N–H and O–H groups in total. The molecule has 8 heteroatoms. The summed E-state index contributed by atoms with van der Waals surface area (Å²) in [6.45, 7) is 1.28. The number of anilines is 2. The topological polar surface area (TPSA) is 127 Å². The lowest BCUT2D eigenvalue weighted by atomic mass is 9.83. The second-order valence-electron chi connectivity index (χ2n) is 7.39. The summed E-state index contributed by atoms with van der Waals surface area (Å²) in [5.41, 5.74) is 20.9. The summed E-state index contributed by atoms with van der Waals surface area (Å²) < 4.78 is 25.3. The van der Waals surface area contributed by atoms with Gasteiger partial charge in [0.15, 0.2) is 9.84 Å². The van der Waals surface area contributed by atoms with Crippen molar-refractivity contribution in [2.75, 3.05) is 29.9 Å². The van der Waals surface area contributed by atoms with Crippen LogP contribution in [0.15, 0.2) is 59.3 Å². The summed E-state index contributed by atoms with van der Waals surface area (Å²) in [7, 11) is -3.32. The van der Waals surface area contributed by atoms with E-state index in [2.05, 4.69) is 5.32 Å². The van der Waals surface area contributed by atoms with Crippen molar-refractivity contribution in [3.05, 3.63) is 65.5 Å². The highest BCUT2D eigenvalue weighted by molar-refractivity contribution is 7.91. The van der Waals surface area contributed by atoms with Crippen LogP contribution in [-0.2, 0) is 21.9 Å². The Morgan fingerprint density at radius 1 is 1.18 bits per heavy atom.